The van der Waals surface area contributed by atoms with Crippen LogP contribution in [0.3, 0.4) is 0 Å². The maximum absolute atomic E-state index is 5.81. The number of piperidine rings is 1. The molecule has 4 heteroatoms. The number of anilines is 2. The van der Waals surface area contributed by atoms with E-state index < -0.39 is 0 Å². The Kier molecular flexibility index (Phi) is 3.22. The molecule has 1 fully saturated rings. The normalized spacial score (nSPS) is 17.2. The minimum Gasteiger partial charge on any atom is -0.368 e. The van der Waals surface area contributed by atoms with Crippen LogP contribution in [0, 0.1) is 0 Å². The SMILES string of the molecule is CC(C)(C)c1cc(N2CCCCC2)nc(N)n1. The van der Waals surface area contributed by atoms with Gasteiger partial charge < -0.3 is 10.6 Å². The summed E-state index contributed by atoms with van der Waals surface area (Å²) in [5, 5.41) is 0. The van der Waals surface area contributed by atoms with Crippen molar-refractivity contribution in [3.05, 3.63) is 11.8 Å². The van der Waals surface area contributed by atoms with Gasteiger partial charge in [0.05, 0.1) is 5.69 Å². The zero-order chi connectivity index (χ0) is 12.5. The van der Waals surface area contributed by atoms with Gasteiger partial charge in [0, 0.05) is 24.6 Å². The third kappa shape index (κ3) is 2.87. The zero-order valence-electron chi connectivity index (χ0n) is 11.0. The molecule has 2 N–H and O–H groups in total. The highest BCUT2D eigenvalue weighted by molar-refractivity contribution is 5.45. The molecular formula is C13H22N4. The first-order valence-electron chi connectivity index (χ1n) is 6.37. The van der Waals surface area contributed by atoms with Gasteiger partial charge in [0.15, 0.2) is 0 Å². The monoisotopic (exact) mass is 234 g/mol. The largest absolute Gasteiger partial charge is 0.368 e. The summed E-state index contributed by atoms with van der Waals surface area (Å²) in [6.45, 7) is 8.61. The quantitative estimate of drug-likeness (QED) is 0.810. The number of aromatic nitrogens is 2. The fourth-order valence-electron chi connectivity index (χ4n) is 2.12. The van der Waals surface area contributed by atoms with E-state index in [1.165, 1.54) is 19.3 Å². The first-order chi connectivity index (χ1) is 7.97. The number of nitrogen functional groups attached to an aromatic ring is 1. The Bertz CT molecular complexity index is 389. The van der Waals surface area contributed by atoms with Crippen molar-refractivity contribution >= 4 is 11.8 Å². The predicted molar refractivity (Wildman–Crippen MR) is 71.2 cm³/mol. The topological polar surface area (TPSA) is 55.0 Å². The fourth-order valence-corrected chi connectivity index (χ4v) is 2.12. The second-order valence-electron chi connectivity index (χ2n) is 5.77. The van der Waals surface area contributed by atoms with E-state index in [0.717, 1.165) is 24.6 Å². The van der Waals surface area contributed by atoms with E-state index in [-0.39, 0.29) is 5.41 Å². The van der Waals surface area contributed by atoms with E-state index in [1.807, 2.05) is 0 Å². The number of hydrogen-bond donors (Lipinski definition) is 1. The summed E-state index contributed by atoms with van der Waals surface area (Å²) in [4.78, 5) is 11.0. The van der Waals surface area contributed by atoms with E-state index in [1.54, 1.807) is 0 Å². The lowest BCUT2D eigenvalue weighted by Gasteiger charge is -2.29. The van der Waals surface area contributed by atoms with Crippen molar-refractivity contribution in [1.82, 2.24) is 9.97 Å². The molecule has 2 rings (SSSR count). The van der Waals surface area contributed by atoms with E-state index in [9.17, 15) is 0 Å². The minimum atomic E-state index is 0.0155. The molecule has 1 aromatic heterocycles. The lowest BCUT2D eigenvalue weighted by molar-refractivity contribution is 0.557. The second kappa shape index (κ2) is 4.51. The van der Waals surface area contributed by atoms with Crippen molar-refractivity contribution in [2.45, 2.75) is 45.4 Å². The van der Waals surface area contributed by atoms with Crippen LogP contribution in [0.2, 0.25) is 0 Å². The lowest BCUT2D eigenvalue weighted by Crippen LogP contribution is -2.31. The van der Waals surface area contributed by atoms with Crippen LogP contribution in [0.5, 0.6) is 0 Å². The van der Waals surface area contributed by atoms with Crippen LogP contribution in [0.1, 0.15) is 45.7 Å². The standard InChI is InChI=1S/C13H22N4/c1-13(2,3)10-9-11(16-12(14)15-10)17-7-5-4-6-8-17/h9H,4-8H2,1-3H3,(H2,14,15,16). The maximum atomic E-state index is 5.81. The van der Waals surface area contributed by atoms with E-state index >= 15 is 0 Å². The molecule has 0 aromatic carbocycles. The van der Waals surface area contributed by atoms with Crippen molar-refractivity contribution in [2.75, 3.05) is 23.7 Å². The number of rotatable bonds is 1. The Morgan fingerprint density at radius 2 is 1.76 bits per heavy atom. The Morgan fingerprint density at radius 1 is 1.12 bits per heavy atom. The predicted octanol–water partition coefficient (Wildman–Crippen LogP) is 2.35. The Hall–Kier alpha value is -1.32. The van der Waals surface area contributed by atoms with Crippen LogP contribution < -0.4 is 10.6 Å². The Morgan fingerprint density at radius 3 is 2.35 bits per heavy atom. The molecule has 0 spiro atoms. The van der Waals surface area contributed by atoms with Crippen LogP contribution in [-0.4, -0.2) is 23.1 Å². The van der Waals surface area contributed by atoms with Crippen molar-refractivity contribution in [3.8, 4) is 0 Å². The van der Waals surface area contributed by atoms with E-state index in [2.05, 4.69) is 41.7 Å². The van der Waals surface area contributed by atoms with Crippen molar-refractivity contribution < 1.29 is 0 Å². The summed E-state index contributed by atoms with van der Waals surface area (Å²) < 4.78 is 0. The molecule has 0 aliphatic carbocycles. The van der Waals surface area contributed by atoms with Crippen LogP contribution >= 0.6 is 0 Å². The summed E-state index contributed by atoms with van der Waals surface area (Å²) >= 11 is 0. The molecule has 0 unspecified atom stereocenters. The molecule has 2 heterocycles. The molecule has 0 bridgehead atoms. The average Bonchev–Trinajstić information content (AvgIpc) is 2.28. The van der Waals surface area contributed by atoms with Crippen LogP contribution in [0.4, 0.5) is 11.8 Å². The summed E-state index contributed by atoms with van der Waals surface area (Å²) in [5.41, 5.74) is 6.85. The second-order valence-corrected chi connectivity index (χ2v) is 5.77. The summed E-state index contributed by atoms with van der Waals surface area (Å²) in [6.07, 6.45) is 3.81. The number of nitrogens with zero attached hydrogens (tertiary/aromatic N) is 3. The first-order valence-corrected chi connectivity index (χ1v) is 6.37. The van der Waals surface area contributed by atoms with E-state index in [0.29, 0.717) is 5.95 Å². The molecule has 94 valence electrons. The number of hydrogen-bond acceptors (Lipinski definition) is 4. The van der Waals surface area contributed by atoms with Gasteiger partial charge in [-0.05, 0) is 19.3 Å². The molecule has 1 aromatic rings. The van der Waals surface area contributed by atoms with Gasteiger partial charge in [0.1, 0.15) is 5.82 Å². The molecule has 1 aliphatic heterocycles. The van der Waals surface area contributed by atoms with Gasteiger partial charge in [-0.1, -0.05) is 20.8 Å². The van der Waals surface area contributed by atoms with Crippen molar-refractivity contribution in [2.24, 2.45) is 0 Å². The van der Waals surface area contributed by atoms with E-state index in [4.69, 9.17) is 5.73 Å². The Labute approximate surface area is 103 Å². The van der Waals surface area contributed by atoms with Crippen LogP contribution in [-0.2, 0) is 5.41 Å². The van der Waals surface area contributed by atoms with Gasteiger partial charge in [-0.15, -0.1) is 0 Å². The van der Waals surface area contributed by atoms with Crippen LogP contribution in [0.15, 0.2) is 6.07 Å². The average molecular weight is 234 g/mol. The van der Waals surface area contributed by atoms with Crippen LogP contribution in [0.25, 0.3) is 0 Å². The molecule has 17 heavy (non-hydrogen) atoms. The van der Waals surface area contributed by atoms with Crippen molar-refractivity contribution in [1.29, 1.82) is 0 Å². The Balaban J connectivity index is 2.31. The number of nitrogens with two attached hydrogens (primary N) is 1. The third-order valence-corrected chi connectivity index (χ3v) is 3.18. The molecular weight excluding hydrogens is 212 g/mol. The molecule has 4 nitrogen and oxygen atoms in total. The third-order valence-electron chi connectivity index (χ3n) is 3.18. The first kappa shape index (κ1) is 12.1. The molecule has 1 aliphatic rings. The highest BCUT2D eigenvalue weighted by atomic mass is 15.2. The zero-order valence-corrected chi connectivity index (χ0v) is 11.0. The lowest BCUT2D eigenvalue weighted by atomic mass is 9.92. The highest BCUT2D eigenvalue weighted by Crippen LogP contribution is 2.25. The fraction of sp³-hybridized carbons (Fsp3) is 0.692. The van der Waals surface area contributed by atoms with Gasteiger partial charge in [-0.3, -0.25) is 0 Å². The summed E-state index contributed by atoms with van der Waals surface area (Å²) in [7, 11) is 0. The smallest absolute Gasteiger partial charge is 0.222 e. The molecule has 0 radical (unpaired) electrons. The molecule has 0 atom stereocenters. The molecule has 1 saturated heterocycles. The summed E-state index contributed by atoms with van der Waals surface area (Å²) in [5.74, 6) is 1.38. The molecule has 0 amide bonds. The van der Waals surface area contributed by atoms with Gasteiger partial charge >= 0.3 is 0 Å². The highest BCUT2D eigenvalue weighted by Gasteiger charge is 2.20. The maximum Gasteiger partial charge on any atom is 0.222 e. The van der Waals surface area contributed by atoms with Gasteiger partial charge in [0.25, 0.3) is 0 Å². The minimum absolute atomic E-state index is 0.0155. The summed E-state index contributed by atoms with van der Waals surface area (Å²) in [6, 6.07) is 2.08. The van der Waals surface area contributed by atoms with Gasteiger partial charge in [0.2, 0.25) is 5.95 Å². The van der Waals surface area contributed by atoms with Crippen molar-refractivity contribution in [3.63, 3.8) is 0 Å². The van der Waals surface area contributed by atoms with Gasteiger partial charge in [-0.2, -0.15) is 4.98 Å². The van der Waals surface area contributed by atoms with Gasteiger partial charge in [-0.25, -0.2) is 4.98 Å². The molecule has 0 saturated carbocycles.